The molecule has 0 saturated carbocycles. The highest BCUT2D eigenvalue weighted by atomic mass is 19.4. The molecule has 0 fully saturated rings. The predicted octanol–water partition coefficient (Wildman–Crippen LogP) is 0.419. The molecule has 90 valence electrons. The van der Waals surface area contributed by atoms with Crippen LogP contribution in [-0.2, 0) is 9.53 Å². The molecule has 0 bridgehead atoms. The average Bonchev–Trinajstić information content (AvgIpc) is 2.10. The zero-order valence-electron chi connectivity index (χ0n) is 8.65. The second-order valence-corrected chi connectivity index (χ2v) is 3.30. The number of hydrogen-bond acceptors (Lipinski definition) is 3. The molecule has 0 saturated heterocycles. The van der Waals surface area contributed by atoms with Crippen molar-refractivity contribution in [1.82, 2.24) is 5.32 Å². The van der Waals surface area contributed by atoms with Gasteiger partial charge in [0.2, 0.25) is 5.91 Å². The van der Waals surface area contributed by atoms with Gasteiger partial charge in [0.1, 0.15) is 0 Å². The second kappa shape index (κ2) is 5.32. The Morgan fingerprint density at radius 3 is 2.40 bits per heavy atom. The smallest absolute Gasteiger partial charge is 0.385 e. The summed E-state index contributed by atoms with van der Waals surface area (Å²) in [5.41, 5.74) is 2.04. The highest BCUT2D eigenvalue weighted by Gasteiger charge is 2.53. The van der Waals surface area contributed by atoms with Crippen molar-refractivity contribution in [2.24, 2.45) is 5.73 Å². The highest BCUT2D eigenvalue weighted by molar-refractivity contribution is 5.86. The first kappa shape index (κ1) is 14.2. The van der Waals surface area contributed by atoms with E-state index in [4.69, 9.17) is 5.73 Å². The number of halogens is 3. The number of hydrogen-bond donors (Lipinski definition) is 2. The van der Waals surface area contributed by atoms with Crippen LogP contribution in [0.15, 0.2) is 0 Å². The fourth-order valence-electron chi connectivity index (χ4n) is 0.731. The number of nitrogens with two attached hydrogens (primary N) is 1. The molecule has 15 heavy (non-hydrogen) atoms. The van der Waals surface area contributed by atoms with Gasteiger partial charge in [0.05, 0.1) is 0 Å². The Bertz CT molecular complexity index is 216. The number of ether oxygens (including phenoxy) is 1. The molecule has 0 heterocycles. The van der Waals surface area contributed by atoms with Crippen LogP contribution in [0.2, 0.25) is 0 Å². The molecule has 0 aromatic rings. The van der Waals surface area contributed by atoms with Gasteiger partial charge in [-0.05, 0) is 13.3 Å². The van der Waals surface area contributed by atoms with E-state index in [-0.39, 0.29) is 6.54 Å². The summed E-state index contributed by atoms with van der Waals surface area (Å²) in [7, 11) is 1.46. The first-order valence-electron chi connectivity index (χ1n) is 4.36. The van der Waals surface area contributed by atoms with Crippen LogP contribution in [0.4, 0.5) is 13.2 Å². The lowest BCUT2D eigenvalue weighted by Gasteiger charge is -2.26. The van der Waals surface area contributed by atoms with Gasteiger partial charge in [-0.25, -0.2) is 0 Å². The van der Waals surface area contributed by atoms with Crippen molar-refractivity contribution in [3.8, 4) is 0 Å². The molecular formula is C8H15F3N2O2. The van der Waals surface area contributed by atoms with Crippen molar-refractivity contribution in [2.45, 2.75) is 25.1 Å². The lowest BCUT2D eigenvalue weighted by molar-refractivity contribution is -0.187. The largest absolute Gasteiger partial charge is 0.415 e. The molecule has 0 aromatic carbocycles. The van der Waals surface area contributed by atoms with Gasteiger partial charge < -0.3 is 15.8 Å². The molecule has 1 unspecified atom stereocenters. The maximum absolute atomic E-state index is 12.2. The van der Waals surface area contributed by atoms with E-state index in [1.54, 1.807) is 0 Å². The minimum atomic E-state index is -4.75. The maximum atomic E-state index is 12.2. The predicted molar refractivity (Wildman–Crippen MR) is 48.2 cm³/mol. The number of rotatable bonds is 5. The Kier molecular flexibility index (Phi) is 5.02. The van der Waals surface area contributed by atoms with Crippen molar-refractivity contribution in [3.05, 3.63) is 0 Å². The normalized spacial score (nSPS) is 15.9. The van der Waals surface area contributed by atoms with Crippen LogP contribution in [0.5, 0.6) is 0 Å². The lowest BCUT2D eigenvalue weighted by atomic mass is 10.0. The lowest BCUT2D eigenvalue weighted by Crippen LogP contribution is -2.61. The van der Waals surface area contributed by atoms with Crippen molar-refractivity contribution in [2.75, 3.05) is 20.3 Å². The molecule has 0 aliphatic carbocycles. The molecule has 0 aliphatic rings. The molecule has 0 radical (unpaired) electrons. The summed E-state index contributed by atoms with van der Waals surface area (Å²) in [4.78, 5) is 11.1. The number of carbonyl (C=O) groups excluding carboxylic acids is 1. The number of amides is 1. The van der Waals surface area contributed by atoms with Crippen molar-refractivity contribution in [3.63, 3.8) is 0 Å². The molecule has 0 rings (SSSR count). The highest BCUT2D eigenvalue weighted by Crippen LogP contribution is 2.27. The first-order valence-corrected chi connectivity index (χ1v) is 4.36. The monoisotopic (exact) mass is 228 g/mol. The van der Waals surface area contributed by atoms with Crippen LogP contribution in [0.25, 0.3) is 0 Å². The fourth-order valence-corrected chi connectivity index (χ4v) is 0.731. The van der Waals surface area contributed by atoms with Crippen molar-refractivity contribution in [1.29, 1.82) is 0 Å². The zero-order chi connectivity index (χ0) is 12.1. The summed E-state index contributed by atoms with van der Waals surface area (Å²) >= 11 is 0. The third kappa shape index (κ3) is 4.05. The van der Waals surface area contributed by atoms with E-state index < -0.39 is 17.6 Å². The van der Waals surface area contributed by atoms with Gasteiger partial charge in [0, 0.05) is 20.3 Å². The Labute approximate surface area is 86.0 Å². The van der Waals surface area contributed by atoms with Gasteiger partial charge >= 0.3 is 6.18 Å². The molecule has 1 atom stereocenters. The summed E-state index contributed by atoms with van der Waals surface area (Å²) in [6.07, 6.45) is -4.31. The van der Waals surface area contributed by atoms with E-state index in [1.165, 1.54) is 7.11 Å². The fraction of sp³-hybridized carbons (Fsp3) is 0.875. The molecule has 4 nitrogen and oxygen atoms in total. The van der Waals surface area contributed by atoms with Gasteiger partial charge in [0.15, 0.2) is 5.54 Å². The van der Waals surface area contributed by atoms with E-state index in [1.807, 2.05) is 0 Å². The summed E-state index contributed by atoms with van der Waals surface area (Å²) in [6.45, 7) is 1.11. The molecular weight excluding hydrogens is 213 g/mol. The number of methoxy groups -OCH3 is 1. The standard InChI is InChI=1S/C8H15F3N2O2/c1-7(12,8(9,10)11)6(14)13-4-3-5-15-2/h3-5,12H2,1-2H3,(H,13,14). The molecule has 0 aromatic heterocycles. The minimum Gasteiger partial charge on any atom is -0.385 e. The van der Waals surface area contributed by atoms with Crippen LogP contribution >= 0.6 is 0 Å². The molecule has 0 aliphatic heterocycles. The maximum Gasteiger partial charge on any atom is 0.415 e. The summed E-state index contributed by atoms with van der Waals surface area (Å²) < 4.78 is 41.4. The number of carbonyl (C=O) groups is 1. The van der Waals surface area contributed by atoms with E-state index in [0.29, 0.717) is 20.0 Å². The quantitative estimate of drug-likeness (QED) is 0.670. The third-order valence-corrected chi connectivity index (χ3v) is 1.87. The van der Waals surface area contributed by atoms with Gasteiger partial charge in [0.25, 0.3) is 0 Å². The molecule has 1 amide bonds. The number of alkyl halides is 3. The SMILES string of the molecule is COCCCNC(=O)C(C)(N)C(F)(F)F. The van der Waals surface area contributed by atoms with Crippen LogP contribution in [0, 0.1) is 0 Å². The van der Waals surface area contributed by atoms with E-state index in [9.17, 15) is 18.0 Å². The first-order chi connectivity index (χ1) is 6.73. The van der Waals surface area contributed by atoms with E-state index in [0.717, 1.165) is 0 Å². The van der Waals surface area contributed by atoms with Crippen LogP contribution in [-0.4, -0.2) is 37.9 Å². The van der Waals surface area contributed by atoms with Gasteiger partial charge in [-0.2, -0.15) is 13.2 Å². The zero-order valence-corrected chi connectivity index (χ0v) is 8.65. The Hall–Kier alpha value is -0.820. The Morgan fingerprint density at radius 2 is 2.00 bits per heavy atom. The van der Waals surface area contributed by atoms with Crippen molar-refractivity contribution >= 4 is 5.91 Å². The third-order valence-electron chi connectivity index (χ3n) is 1.87. The summed E-state index contributed by atoms with van der Waals surface area (Å²) in [6, 6.07) is 0. The molecule has 0 spiro atoms. The summed E-state index contributed by atoms with van der Waals surface area (Å²) in [5.74, 6) is -1.23. The van der Waals surface area contributed by atoms with Crippen molar-refractivity contribution < 1.29 is 22.7 Å². The van der Waals surface area contributed by atoms with Crippen LogP contribution in [0.3, 0.4) is 0 Å². The molecule has 3 N–H and O–H groups in total. The van der Waals surface area contributed by atoms with Gasteiger partial charge in [-0.1, -0.05) is 0 Å². The van der Waals surface area contributed by atoms with Crippen LogP contribution < -0.4 is 11.1 Å². The Morgan fingerprint density at radius 1 is 1.47 bits per heavy atom. The molecule has 7 heteroatoms. The minimum absolute atomic E-state index is 0.107. The van der Waals surface area contributed by atoms with Crippen LogP contribution in [0.1, 0.15) is 13.3 Å². The topological polar surface area (TPSA) is 64.3 Å². The van der Waals surface area contributed by atoms with E-state index in [2.05, 4.69) is 10.1 Å². The van der Waals surface area contributed by atoms with Gasteiger partial charge in [-0.15, -0.1) is 0 Å². The average molecular weight is 228 g/mol. The van der Waals surface area contributed by atoms with E-state index >= 15 is 0 Å². The second-order valence-electron chi connectivity index (χ2n) is 3.30. The van der Waals surface area contributed by atoms with Gasteiger partial charge in [-0.3, -0.25) is 4.79 Å². The summed E-state index contributed by atoms with van der Waals surface area (Å²) in [5, 5.41) is 2.10. The number of nitrogens with one attached hydrogen (secondary N) is 1. The Balaban J connectivity index is 4.10.